The third-order valence-corrected chi connectivity index (χ3v) is 6.79. The molecule has 1 aromatic carbocycles. The Morgan fingerprint density at radius 2 is 2.03 bits per heavy atom. The standard InChI is InChI=1S/C24H23N3O2S2/c28-22(26-15-5-4-12-20(26)19-11-7-14-25-16-19)17-27-23(29)21(31-24(27)30)13-6-10-18-8-2-1-3-9-18/h1-3,6-11,13-14,16,20H,4-5,12,15,17H2. The van der Waals surface area contributed by atoms with Crippen molar-refractivity contribution in [3.63, 3.8) is 0 Å². The molecule has 0 spiro atoms. The molecular weight excluding hydrogens is 426 g/mol. The molecule has 0 N–H and O–H groups in total. The van der Waals surface area contributed by atoms with Gasteiger partial charge in [0.2, 0.25) is 5.91 Å². The quantitative estimate of drug-likeness (QED) is 0.494. The molecule has 2 aliphatic rings. The first kappa shape index (κ1) is 21.5. The molecule has 0 bridgehead atoms. The van der Waals surface area contributed by atoms with Gasteiger partial charge in [-0.15, -0.1) is 0 Å². The molecule has 3 heterocycles. The lowest BCUT2D eigenvalue weighted by atomic mass is 9.96. The minimum Gasteiger partial charge on any atom is -0.334 e. The summed E-state index contributed by atoms with van der Waals surface area (Å²) in [4.78, 5) is 34.0. The summed E-state index contributed by atoms with van der Waals surface area (Å²) in [5.41, 5.74) is 2.09. The Labute approximate surface area is 191 Å². The van der Waals surface area contributed by atoms with E-state index in [2.05, 4.69) is 4.98 Å². The van der Waals surface area contributed by atoms with Crippen molar-refractivity contribution in [2.45, 2.75) is 25.3 Å². The number of hydrogen-bond donors (Lipinski definition) is 0. The Kier molecular flexibility index (Phi) is 6.94. The molecule has 0 saturated carbocycles. The third kappa shape index (κ3) is 5.11. The second-order valence-corrected chi connectivity index (χ2v) is 9.12. The summed E-state index contributed by atoms with van der Waals surface area (Å²) in [6.45, 7) is 0.657. The van der Waals surface area contributed by atoms with Crippen molar-refractivity contribution in [2.24, 2.45) is 0 Å². The number of carbonyl (C=O) groups is 2. The van der Waals surface area contributed by atoms with Gasteiger partial charge in [0.05, 0.1) is 10.9 Å². The normalized spacial score (nSPS) is 20.8. The zero-order valence-corrected chi connectivity index (χ0v) is 18.6. The van der Waals surface area contributed by atoms with E-state index in [9.17, 15) is 9.59 Å². The summed E-state index contributed by atoms with van der Waals surface area (Å²) in [5.74, 6) is -0.290. The maximum Gasteiger partial charge on any atom is 0.266 e. The van der Waals surface area contributed by atoms with E-state index in [4.69, 9.17) is 12.2 Å². The summed E-state index contributed by atoms with van der Waals surface area (Å²) in [5, 5.41) is 0. The van der Waals surface area contributed by atoms with E-state index in [-0.39, 0.29) is 24.4 Å². The molecule has 2 amide bonds. The molecule has 2 saturated heterocycles. The van der Waals surface area contributed by atoms with Crippen LogP contribution in [0.4, 0.5) is 0 Å². The number of hydrogen-bond acceptors (Lipinski definition) is 5. The second-order valence-electron chi connectivity index (χ2n) is 7.45. The molecule has 4 rings (SSSR count). The molecule has 0 radical (unpaired) electrons. The van der Waals surface area contributed by atoms with E-state index in [1.807, 2.05) is 65.7 Å². The predicted octanol–water partition coefficient (Wildman–Crippen LogP) is 4.59. The van der Waals surface area contributed by atoms with E-state index in [0.717, 1.165) is 30.4 Å². The molecular formula is C24H23N3O2S2. The van der Waals surface area contributed by atoms with Crippen LogP contribution in [0.1, 0.15) is 36.4 Å². The number of carbonyl (C=O) groups excluding carboxylic acids is 2. The van der Waals surface area contributed by atoms with Gasteiger partial charge in [-0.25, -0.2) is 0 Å². The van der Waals surface area contributed by atoms with Crippen LogP contribution in [0.3, 0.4) is 0 Å². The highest BCUT2D eigenvalue weighted by Gasteiger charge is 2.36. The van der Waals surface area contributed by atoms with Crippen molar-refractivity contribution in [2.75, 3.05) is 13.1 Å². The van der Waals surface area contributed by atoms with Crippen LogP contribution < -0.4 is 0 Å². The van der Waals surface area contributed by atoms with Gasteiger partial charge in [0.1, 0.15) is 10.9 Å². The summed E-state index contributed by atoms with van der Waals surface area (Å²) >= 11 is 6.64. The molecule has 2 aromatic rings. The van der Waals surface area contributed by atoms with Gasteiger partial charge in [0.15, 0.2) is 0 Å². The number of nitrogens with zero attached hydrogens (tertiary/aromatic N) is 3. The molecule has 1 unspecified atom stereocenters. The number of amides is 2. The van der Waals surface area contributed by atoms with Crippen LogP contribution in [-0.4, -0.2) is 44.0 Å². The average Bonchev–Trinajstić information content (AvgIpc) is 3.08. The zero-order chi connectivity index (χ0) is 21.6. The van der Waals surface area contributed by atoms with Crippen molar-refractivity contribution in [1.82, 2.24) is 14.8 Å². The molecule has 31 heavy (non-hydrogen) atoms. The fourth-order valence-corrected chi connectivity index (χ4v) is 5.04. The maximum absolute atomic E-state index is 13.1. The van der Waals surface area contributed by atoms with Crippen LogP contribution in [0, 0.1) is 0 Å². The number of likely N-dealkylation sites (tertiary alicyclic amines) is 1. The van der Waals surface area contributed by atoms with Gasteiger partial charge in [0.25, 0.3) is 5.91 Å². The molecule has 5 nitrogen and oxygen atoms in total. The molecule has 2 aliphatic heterocycles. The van der Waals surface area contributed by atoms with E-state index >= 15 is 0 Å². The van der Waals surface area contributed by atoms with Gasteiger partial charge >= 0.3 is 0 Å². The number of allylic oxidation sites excluding steroid dienone is 2. The highest BCUT2D eigenvalue weighted by molar-refractivity contribution is 8.26. The Bertz CT molecular complexity index is 1020. The number of pyridine rings is 1. The largest absolute Gasteiger partial charge is 0.334 e. The Balaban J connectivity index is 1.44. The Morgan fingerprint density at radius 1 is 1.19 bits per heavy atom. The second kappa shape index (κ2) is 10.0. The van der Waals surface area contributed by atoms with Crippen LogP contribution in [-0.2, 0) is 9.59 Å². The average molecular weight is 450 g/mol. The smallest absolute Gasteiger partial charge is 0.266 e. The third-order valence-electron chi connectivity index (χ3n) is 5.40. The predicted molar refractivity (Wildman–Crippen MR) is 128 cm³/mol. The molecule has 7 heteroatoms. The first-order valence-corrected chi connectivity index (χ1v) is 11.5. The number of thiocarbonyl (C=S) groups is 1. The summed E-state index contributed by atoms with van der Waals surface area (Å²) in [6, 6.07) is 13.8. The fourth-order valence-electron chi connectivity index (χ4n) is 3.84. The number of benzene rings is 1. The van der Waals surface area contributed by atoms with Crippen LogP contribution in [0.5, 0.6) is 0 Å². The minimum absolute atomic E-state index is 0.00213. The molecule has 158 valence electrons. The van der Waals surface area contributed by atoms with Crippen molar-refractivity contribution < 1.29 is 9.59 Å². The van der Waals surface area contributed by atoms with Crippen molar-refractivity contribution in [3.8, 4) is 0 Å². The first-order valence-electron chi connectivity index (χ1n) is 10.3. The monoisotopic (exact) mass is 449 g/mol. The molecule has 1 aromatic heterocycles. The van der Waals surface area contributed by atoms with Gasteiger partial charge in [-0.2, -0.15) is 0 Å². The van der Waals surface area contributed by atoms with Crippen molar-refractivity contribution in [1.29, 1.82) is 0 Å². The zero-order valence-electron chi connectivity index (χ0n) is 17.0. The summed E-state index contributed by atoms with van der Waals surface area (Å²) in [7, 11) is 0. The minimum atomic E-state index is -0.212. The van der Waals surface area contributed by atoms with E-state index in [0.29, 0.717) is 15.8 Å². The van der Waals surface area contributed by atoms with Crippen LogP contribution in [0.25, 0.3) is 6.08 Å². The van der Waals surface area contributed by atoms with Crippen LogP contribution >= 0.6 is 24.0 Å². The summed E-state index contributed by atoms with van der Waals surface area (Å²) < 4.78 is 0.424. The van der Waals surface area contributed by atoms with E-state index < -0.39 is 0 Å². The number of aromatic nitrogens is 1. The fraction of sp³-hybridized carbons (Fsp3) is 0.250. The van der Waals surface area contributed by atoms with Gasteiger partial charge < -0.3 is 4.90 Å². The topological polar surface area (TPSA) is 53.5 Å². The van der Waals surface area contributed by atoms with E-state index in [1.165, 1.54) is 16.7 Å². The SMILES string of the molecule is O=C1C(=CC=Cc2ccccc2)SC(=S)N1CC(=O)N1CCCCC1c1cccnc1. The maximum atomic E-state index is 13.1. The van der Waals surface area contributed by atoms with Gasteiger partial charge in [-0.05, 0) is 42.5 Å². The van der Waals surface area contributed by atoms with Gasteiger partial charge in [-0.3, -0.25) is 19.5 Å². The van der Waals surface area contributed by atoms with E-state index in [1.54, 1.807) is 12.3 Å². The summed E-state index contributed by atoms with van der Waals surface area (Å²) in [6.07, 6.45) is 12.0. The first-order chi connectivity index (χ1) is 15.1. The molecule has 1 atom stereocenters. The van der Waals surface area contributed by atoms with Crippen molar-refractivity contribution in [3.05, 3.63) is 83.0 Å². The van der Waals surface area contributed by atoms with Gasteiger partial charge in [0, 0.05) is 18.9 Å². The lowest BCUT2D eigenvalue weighted by molar-refractivity contribution is -0.138. The Hall–Kier alpha value is -2.77. The lowest BCUT2D eigenvalue weighted by Gasteiger charge is -2.36. The number of piperidine rings is 1. The van der Waals surface area contributed by atoms with Crippen LogP contribution in [0.2, 0.25) is 0 Å². The highest BCUT2D eigenvalue weighted by atomic mass is 32.2. The molecule has 0 aliphatic carbocycles. The number of thioether (sulfide) groups is 1. The Morgan fingerprint density at radius 3 is 2.81 bits per heavy atom. The lowest BCUT2D eigenvalue weighted by Crippen LogP contribution is -2.45. The van der Waals surface area contributed by atoms with Gasteiger partial charge in [-0.1, -0.05) is 72.5 Å². The van der Waals surface area contributed by atoms with Crippen LogP contribution in [0.15, 0.2) is 71.9 Å². The highest BCUT2D eigenvalue weighted by Crippen LogP contribution is 2.33. The number of rotatable bonds is 5. The molecule has 2 fully saturated rings. The van der Waals surface area contributed by atoms with Crippen molar-refractivity contribution >= 4 is 46.2 Å².